The minimum Gasteiger partial charge on any atom is -0.361 e. The third-order valence-corrected chi connectivity index (χ3v) is 5.35. The molecule has 4 rings (SSSR count). The van der Waals surface area contributed by atoms with E-state index in [1.807, 2.05) is 6.92 Å². The van der Waals surface area contributed by atoms with E-state index < -0.39 is 0 Å². The number of aryl methyl sites for hydroxylation is 1. The number of aromatic amines is 1. The first-order chi connectivity index (χ1) is 11.6. The molecule has 24 heavy (non-hydrogen) atoms. The molecule has 0 radical (unpaired) electrons. The van der Waals surface area contributed by atoms with Gasteiger partial charge in [0.05, 0.1) is 6.04 Å². The van der Waals surface area contributed by atoms with Crippen molar-refractivity contribution in [2.24, 2.45) is 0 Å². The van der Waals surface area contributed by atoms with Crippen LogP contribution < -0.4 is 5.32 Å². The Bertz CT molecular complexity index is 800. The molecule has 1 aromatic carbocycles. The van der Waals surface area contributed by atoms with Crippen LogP contribution in [0.25, 0.3) is 16.5 Å². The summed E-state index contributed by atoms with van der Waals surface area (Å²) in [4.78, 5) is 17.9. The minimum atomic E-state index is -0.0481. The summed E-state index contributed by atoms with van der Waals surface area (Å²) in [6.45, 7) is 5.96. The molecule has 1 saturated carbocycles. The second-order valence-electron chi connectivity index (χ2n) is 7.13. The standard InChI is InChI=1S/C20H25N3O/c1-13-4-3-5-18-19(13)17(12-21-18)15-8-10-23(11-9-15)14(2)20(24)22-16-6-7-16/h3-5,8,12,14,16,21H,6-7,9-11H2,1-2H3,(H,22,24)/t14-/m1/s1. The number of nitrogens with zero attached hydrogens (tertiary/aromatic N) is 1. The normalized spacial score (nSPS) is 20.0. The number of aromatic nitrogens is 1. The molecule has 0 saturated heterocycles. The van der Waals surface area contributed by atoms with Crippen LogP contribution in [0.15, 0.2) is 30.5 Å². The summed E-state index contributed by atoms with van der Waals surface area (Å²) in [5.74, 6) is 0.178. The fraction of sp³-hybridized carbons (Fsp3) is 0.450. The molecule has 1 aliphatic carbocycles. The Morgan fingerprint density at radius 1 is 1.38 bits per heavy atom. The minimum absolute atomic E-state index is 0.0481. The van der Waals surface area contributed by atoms with Crippen molar-refractivity contribution in [3.8, 4) is 0 Å². The Morgan fingerprint density at radius 3 is 2.92 bits per heavy atom. The lowest BCUT2D eigenvalue weighted by molar-refractivity contribution is -0.125. The number of carbonyl (C=O) groups is 1. The van der Waals surface area contributed by atoms with Crippen LogP contribution in [0.1, 0.15) is 37.3 Å². The van der Waals surface area contributed by atoms with E-state index in [0.717, 1.165) is 32.4 Å². The van der Waals surface area contributed by atoms with E-state index in [1.54, 1.807) is 0 Å². The summed E-state index contributed by atoms with van der Waals surface area (Å²) in [7, 11) is 0. The number of fused-ring (bicyclic) bond motifs is 1. The molecule has 2 aromatic rings. The lowest BCUT2D eigenvalue weighted by atomic mass is 9.96. The van der Waals surface area contributed by atoms with Gasteiger partial charge in [0.2, 0.25) is 5.91 Å². The number of hydrogen-bond donors (Lipinski definition) is 2. The monoisotopic (exact) mass is 323 g/mol. The summed E-state index contributed by atoms with van der Waals surface area (Å²) < 4.78 is 0. The molecule has 1 amide bonds. The first-order valence-corrected chi connectivity index (χ1v) is 8.94. The zero-order valence-electron chi connectivity index (χ0n) is 14.4. The van der Waals surface area contributed by atoms with E-state index in [-0.39, 0.29) is 11.9 Å². The lowest BCUT2D eigenvalue weighted by Gasteiger charge is -2.31. The number of amides is 1. The molecule has 2 heterocycles. The van der Waals surface area contributed by atoms with Crippen LogP contribution in [-0.2, 0) is 4.79 Å². The van der Waals surface area contributed by atoms with Gasteiger partial charge in [-0.1, -0.05) is 18.2 Å². The van der Waals surface area contributed by atoms with Crippen LogP contribution in [0.4, 0.5) is 0 Å². The van der Waals surface area contributed by atoms with Crippen molar-refractivity contribution in [2.45, 2.75) is 45.2 Å². The van der Waals surface area contributed by atoms with E-state index in [4.69, 9.17) is 0 Å². The highest BCUT2D eigenvalue weighted by molar-refractivity contribution is 5.95. The van der Waals surface area contributed by atoms with Crippen LogP contribution >= 0.6 is 0 Å². The average Bonchev–Trinajstić information content (AvgIpc) is 3.30. The zero-order valence-corrected chi connectivity index (χ0v) is 14.4. The molecule has 126 valence electrons. The van der Waals surface area contributed by atoms with Gasteiger partial charge in [0.1, 0.15) is 0 Å². The largest absolute Gasteiger partial charge is 0.361 e. The van der Waals surface area contributed by atoms with Crippen molar-refractivity contribution in [1.82, 2.24) is 15.2 Å². The van der Waals surface area contributed by atoms with Gasteiger partial charge in [-0.2, -0.15) is 0 Å². The molecule has 2 N–H and O–H groups in total. The first kappa shape index (κ1) is 15.5. The van der Waals surface area contributed by atoms with Gasteiger partial charge in [0.15, 0.2) is 0 Å². The Kier molecular flexibility index (Phi) is 3.93. The lowest BCUT2D eigenvalue weighted by Crippen LogP contribution is -2.47. The quantitative estimate of drug-likeness (QED) is 0.907. The van der Waals surface area contributed by atoms with Crippen molar-refractivity contribution >= 4 is 22.4 Å². The predicted molar refractivity (Wildman–Crippen MR) is 97.8 cm³/mol. The van der Waals surface area contributed by atoms with Gasteiger partial charge in [-0.3, -0.25) is 9.69 Å². The summed E-state index contributed by atoms with van der Waals surface area (Å²) in [5, 5.41) is 4.45. The van der Waals surface area contributed by atoms with E-state index in [1.165, 1.54) is 27.6 Å². The molecule has 0 bridgehead atoms. The van der Waals surface area contributed by atoms with Crippen LogP contribution in [0.5, 0.6) is 0 Å². The Hall–Kier alpha value is -2.07. The summed E-state index contributed by atoms with van der Waals surface area (Å²) in [5.41, 5.74) is 5.22. The third-order valence-electron chi connectivity index (χ3n) is 5.35. The van der Waals surface area contributed by atoms with E-state index in [9.17, 15) is 4.79 Å². The highest BCUT2D eigenvalue weighted by Gasteiger charge is 2.29. The van der Waals surface area contributed by atoms with Gasteiger partial charge in [-0.05, 0) is 50.3 Å². The molecule has 2 aliphatic rings. The van der Waals surface area contributed by atoms with Crippen molar-refractivity contribution in [3.05, 3.63) is 41.6 Å². The van der Waals surface area contributed by atoms with Crippen molar-refractivity contribution in [2.75, 3.05) is 13.1 Å². The van der Waals surface area contributed by atoms with Gasteiger partial charge in [-0.25, -0.2) is 0 Å². The molecule has 1 aromatic heterocycles. The van der Waals surface area contributed by atoms with Crippen LogP contribution in [0.3, 0.4) is 0 Å². The van der Waals surface area contributed by atoms with E-state index in [2.05, 4.69) is 52.6 Å². The van der Waals surface area contributed by atoms with Crippen LogP contribution in [0.2, 0.25) is 0 Å². The molecule has 0 spiro atoms. The molecule has 1 fully saturated rings. The zero-order chi connectivity index (χ0) is 16.7. The van der Waals surface area contributed by atoms with Gasteiger partial charge in [0, 0.05) is 41.8 Å². The van der Waals surface area contributed by atoms with Gasteiger partial charge >= 0.3 is 0 Å². The molecular formula is C20H25N3O. The Balaban J connectivity index is 1.50. The third kappa shape index (κ3) is 2.86. The van der Waals surface area contributed by atoms with Crippen molar-refractivity contribution in [3.63, 3.8) is 0 Å². The predicted octanol–water partition coefficient (Wildman–Crippen LogP) is 3.23. The average molecular weight is 323 g/mol. The SMILES string of the molecule is Cc1cccc2[nH]cc(C3=CCN([C@H](C)C(=O)NC4CC4)CC3)c12. The summed E-state index contributed by atoms with van der Waals surface area (Å²) >= 11 is 0. The first-order valence-electron chi connectivity index (χ1n) is 8.94. The summed E-state index contributed by atoms with van der Waals surface area (Å²) in [6.07, 6.45) is 7.69. The smallest absolute Gasteiger partial charge is 0.237 e. The second-order valence-corrected chi connectivity index (χ2v) is 7.13. The second kappa shape index (κ2) is 6.10. The van der Waals surface area contributed by atoms with E-state index in [0.29, 0.717) is 6.04 Å². The van der Waals surface area contributed by atoms with Gasteiger partial charge < -0.3 is 10.3 Å². The molecule has 0 unspecified atom stereocenters. The van der Waals surface area contributed by atoms with Crippen molar-refractivity contribution < 1.29 is 4.79 Å². The molecule has 4 nitrogen and oxygen atoms in total. The Labute approximate surface area is 142 Å². The summed E-state index contributed by atoms with van der Waals surface area (Å²) in [6, 6.07) is 6.78. The number of hydrogen-bond acceptors (Lipinski definition) is 2. The number of benzene rings is 1. The van der Waals surface area contributed by atoms with Crippen LogP contribution in [0, 0.1) is 6.92 Å². The molecule has 1 aliphatic heterocycles. The van der Waals surface area contributed by atoms with E-state index >= 15 is 0 Å². The Morgan fingerprint density at radius 2 is 2.21 bits per heavy atom. The van der Waals surface area contributed by atoms with Gasteiger partial charge in [-0.15, -0.1) is 0 Å². The topological polar surface area (TPSA) is 48.1 Å². The molecular weight excluding hydrogens is 298 g/mol. The molecule has 4 heteroatoms. The van der Waals surface area contributed by atoms with Crippen molar-refractivity contribution in [1.29, 1.82) is 0 Å². The van der Waals surface area contributed by atoms with Crippen LogP contribution in [-0.4, -0.2) is 41.0 Å². The number of carbonyl (C=O) groups excluding carboxylic acids is 1. The maximum Gasteiger partial charge on any atom is 0.237 e. The fourth-order valence-corrected chi connectivity index (χ4v) is 3.62. The number of rotatable bonds is 4. The maximum atomic E-state index is 12.2. The number of nitrogens with one attached hydrogen (secondary N) is 2. The molecule has 1 atom stereocenters. The highest BCUT2D eigenvalue weighted by atomic mass is 16.2. The fourth-order valence-electron chi connectivity index (χ4n) is 3.62. The number of H-pyrrole nitrogens is 1. The highest BCUT2D eigenvalue weighted by Crippen LogP contribution is 2.31. The van der Waals surface area contributed by atoms with Gasteiger partial charge in [0.25, 0.3) is 0 Å². The maximum absolute atomic E-state index is 12.2.